The van der Waals surface area contributed by atoms with Crippen LogP contribution in [-0.2, 0) is 4.79 Å². The van der Waals surface area contributed by atoms with E-state index in [1.807, 2.05) is 20.8 Å². The predicted octanol–water partition coefficient (Wildman–Crippen LogP) is 4.81. The van der Waals surface area contributed by atoms with E-state index in [1.54, 1.807) is 24.3 Å². The van der Waals surface area contributed by atoms with Crippen molar-refractivity contribution in [1.82, 2.24) is 0 Å². The summed E-state index contributed by atoms with van der Waals surface area (Å²) in [5, 5.41) is 2.67. The van der Waals surface area contributed by atoms with Gasteiger partial charge in [0.05, 0.1) is 17.2 Å². The Morgan fingerprint density at radius 2 is 1.81 bits per heavy atom. The molecule has 0 unspecified atom stereocenters. The topological polar surface area (TPSA) is 29.1 Å². The van der Waals surface area contributed by atoms with Crippen LogP contribution in [0.25, 0.3) is 0 Å². The summed E-state index contributed by atoms with van der Waals surface area (Å²) in [5.41, 5.74) is 0.422. The second kappa shape index (κ2) is 7.45. The lowest BCUT2D eigenvalue weighted by molar-refractivity contribution is -0.113. The van der Waals surface area contributed by atoms with Crippen LogP contribution in [0, 0.1) is 0 Å². The Labute approximate surface area is 131 Å². The Hall–Kier alpha value is -0.820. The molecule has 0 spiro atoms. The molecule has 1 aromatic rings. The summed E-state index contributed by atoms with van der Waals surface area (Å²) >= 11 is 2.16. The molecule has 0 heterocycles. The maximum absolute atomic E-state index is 12.3. The van der Waals surface area contributed by atoms with Crippen molar-refractivity contribution in [3.05, 3.63) is 24.3 Å². The van der Waals surface area contributed by atoms with E-state index in [0.717, 1.165) is 0 Å². The standard InChI is InChI=1S/C14H18F3NOS2/c1-13(2,3)21-8-12(19)18-10-6-4-5-7-11(10)20-9-14(15,16)17/h4-7H,8-9H2,1-3H3,(H,18,19). The van der Waals surface area contributed by atoms with Crippen molar-refractivity contribution < 1.29 is 18.0 Å². The molecular formula is C14H18F3NOS2. The number of nitrogens with one attached hydrogen (secondary N) is 1. The Bertz CT molecular complexity index is 484. The molecule has 0 aliphatic rings. The van der Waals surface area contributed by atoms with Gasteiger partial charge in [0.2, 0.25) is 5.91 Å². The van der Waals surface area contributed by atoms with Gasteiger partial charge in [0.1, 0.15) is 0 Å². The minimum Gasteiger partial charge on any atom is -0.324 e. The van der Waals surface area contributed by atoms with Crippen LogP contribution < -0.4 is 5.32 Å². The van der Waals surface area contributed by atoms with Crippen molar-refractivity contribution >= 4 is 35.1 Å². The molecule has 1 aromatic carbocycles. The number of carbonyl (C=O) groups is 1. The number of amides is 1. The van der Waals surface area contributed by atoms with Crippen molar-refractivity contribution in [3.8, 4) is 0 Å². The van der Waals surface area contributed by atoms with Crippen molar-refractivity contribution in [2.75, 3.05) is 16.8 Å². The van der Waals surface area contributed by atoms with Gasteiger partial charge in [-0.1, -0.05) is 32.9 Å². The number of hydrogen-bond donors (Lipinski definition) is 1. The molecule has 1 rings (SSSR count). The zero-order valence-corrected chi connectivity index (χ0v) is 13.7. The van der Waals surface area contributed by atoms with Gasteiger partial charge in [0.25, 0.3) is 0 Å². The molecule has 118 valence electrons. The van der Waals surface area contributed by atoms with Gasteiger partial charge in [-0.25, -0.2) is 0 Å². The zero-order valence-electron chi connectivity index (χ0n) is 12.1. The second-order valence-electron chi connectivity index (χ2n) is 5.35. The van der Waals surface area contributed by atoms with Gasteiger partial charge in [-0.3, -0.25) is 4.79 Å². The Morgan fingerprint density at radius 3 is 2.38 bits per heavy atom. The molecule has 0 saturated heterocycles. The number of hydrogen-bond acceptors (Lipinski definition) is 3. The highest BCUT2D eigenvalue weighted by molar-refractivity contribution is 8.01. The quantitative estimate of drug-likeness (QED) is 0.782. The number of thioether (sulfide) groups is 2. The highest BCUT2D eigenvalue weighted by atomic mass is 32.2. The molecule has 0 radical (unpaired) electrons. The Morgan fingerprint density at radius 1 is 1.19 bits per heavy atom. The average Bonchev–Trinajstić information content (AvgIpc) is 2.33. The van der Waals surface area contributed by atoms with E-state index in [9.17, 15) is 18.0 Å². The van der Waals surface area contributed by atoms with Crippen molar-refractivity contribution in [1.29, 1.82) is 0 Å². The van der Waals surface area contributed by atoms with Crippen LogP contribution in [0.4, 0.5) is 18.9 Å². The lowest BCUT2D eigenvalue weighted by atomic mass is 10.3. The second-order valence-corrected chi connectivity index (χ2v) is 8.17. The third kappa shape index (κ3) is 8.26. The summed E-state index contributed by atoms with van der Waals surface area (Å²) < 4.78 is 36.8. The Balaban J connectivity index is 2.64. The molecule has 0 saturated carbocycles. The van der Waals surface area contributed by atoms with Gasteiger partial charge < -0.3 is 5.32 Å². The van der Waals surface area contributed by atoms with Crippen LogP contribution in [0.2, 0.25) is 0 Å². The van der Waals surface area contributed by atoms with E-state index in [4.69, 9.17) is 0 Å². The molecule has 7 heteroatoms. The minimum atomic E-state index is -4.23. The molecule has 0 aliphatic carbocycles. The normalized spacial score (nSPS) is 12.3. The van der Waals surface area contributed by atoms with Gasteiger partial charge in [-0.05, 0) is 12.1 Å². The van der Waals surface area contributed by atoms with Gasteiger partial charge in [-0.15, -0.1) is 23.5 Å². The van der Waals surface area contributed by atoms with Crippen LogP contribution >= 0.6 is 23.5 Å². The first-order valence-corrected chi connectivity index (χ1v) is 8.26. The smallest absolute Gasteiger partial charge is 0.324 e. The number of para-hydroxylation sites is 1. The zero-order chi connectivity index (χ0) is 16.1. The van der Waals surface area contributed by atoms with E-state index < -0.39 is 11.9 Å². The molecule has 0 atom stereocenters. The van der Waals surface area contributed by atoms with E-state index in [0.29, 0.717) is 22.3 Å². The van der Waals surface area contributed by atoms with E-state index >= 15 is 0 Å². The summed E-state index contributed by atoms with van der Waals surface area (Å²) in [6.45, 7) is 5.99. The molecule has 2 nitrogen and oxygen atoms in total. The molecule has 0 aromatic heterocycles. The minimum absolute atomic E-state index is 0.0398. The fourth-order valence-electron chi connectivity index (χ4n) is 1.32. The van der Waals surface area contributed by atoms with Gasteiger partial charge >= 0.3 is 6.18 Å². The monoisotopic (exact) mass is 337 g/mol. The summed E-state index contributed by atoms with van der Waals surface area (Å²) in [5.74, 6) is -0.923. The fourth-order valence-corrected chi connectivity index (χ4v) is 2.73. The van der Waals surface area contributed by atoms with Gasteiger partial charge in [0, 0.05) is 9.64 Å². The van der Waals surface area contributed by atoms with E-state index in [-0.39, 0.29) is 16.4 Å². The van der Waals surface area contributed by atoms with Gasteiger partial charge in [-0.2, -0.15) is 13.2 Å². The SMILES string of the molecule is CC(C)(C)SCC(=O)Nc1ccccc1SCC(F)(F)F. The molecule has 0 fully saturated rings. The van der Waals surface area contributed by atoms with Crippen LogP contribution in [0.1, 0.15) is 20.8 Å². The van der Waals surface area contributed by atoms with Gasteiger partial charge in [0.15, 0.2) is 0 Å². The molecule has 21 heavy (non-hydrogen) atoms. The third-order valence-electron chi connectivity index (χ3n) is 2.19. The maximum Gasteiger partial charge on any atom is 0.398 e. The summed E-state index contributed by atoms with van der Waals surface area (Å²) in [4.78, 5) is 12.3. The number of alkyl halides is 3. The number of anilines is 1. The number of benzene rings is 1. The first-order valence-electron chi connectivity index (χ1n) is 6.29. The Kier molecular flexibility index (Phi) is 6.46. The largest absolute Gasteiger partial charge is 0.398 e. The molecular weight excluding hydrogens is 319 g/mol. The average molecular weight is 337 g/mol. The van der Waals surface area contributed by atoms with Crippen LogP contribution in [-0.4, -0.2) is 28.3 Å². The first-order chi connectivity index (χ1) is 9.57. The van der Waals surface area contributed by atoms with E-state index in [2.05, 4.69) is 5.32 Å². The summed E-state index contributed by atoms with van der Waals surface area (Å²) in [7, 11) is 0. The highest BCUT2D eigenvalue weighted by Crippen LogP contribution is 2.32. The number of halogens is 3. The third-order valence-corrected chi connectivity index (χ3v) is 4.60. The molecule has 0 bridgehead atoms. The maximum atomic E-state index is 12.3. The number of carbonyl (C=O) groups excluding carboxylic acids is 1. The molecule has 0 aliphatic heterocycles. The summed E-state index contributed by atoms with van der Waals surface area (Å²) in [6, 6.07) is 6.52. The van der Waals surface area contributed by atoms with Crippen LogP contribution in [0.3, 0.4) is 0 Å². The van der Waals surface area contributed by atoms with Crippen LogP contribution in [0.15, 0.2) is 29.2 Å². The molecule has 1 amide bonds. The number of rotatable bonds is 5. The van der Waals surface area contributed by atoms with Crippen molar-refractivity contribution in [2.24, 2.45) is 0 Å². The lowest BCUT2D eigenvalue weighted by Crippen LogP contribution is -2.19. The fraction of sp³-hybridized carbons (Fsp3) is 0.500. The van der Waals surface area contributed by atoms with E-state index in [1.165, 1.54) is 11.8 Å². The lowest BCUT2D eigenvalue weighted by Gasteiger charge is -2.17. The first kappa shape index (κ1) is 18.2. The highest BCUT2D eigenvalue weighted by Gasteiger charge is 2.27. The van der Waals surface area contributed by atoms with Crippen LogP contribution in [0.5, 0.6) is 0 Å². The van der Waals surface area contributed by atoms with Crippen molar-refractivity contribution in [2.45, 2.75) is 36.6 Å². The molecule has 1 N–H and O–H groups in total. The summed E-state index contributed by atoms with van der Waals surface area (Å²) in [6.07, 6.45) is -4.23. The predicted molar refractivity (Wildman–Crippen MR) is 84.1 cm³/mol. The van der Waals surface area contributed by atoms with Crippen molar-refractivity contribution in [3.63, 3.8) is 0 Å².